The van der Waals surface area contributed by atoms with Crippen molar-refractivity contribution < 1.29 is 9.13 Å². The highest BCUT2D eigenvalue weighted by molar-refractivity contribution is 9.10. The largest absolute Gasteiger partial charge is 0.488 e. The van der Waals surface area contributed by atoms with E-state index in [-0.39, 0.29) is 5.82 Å². The Morgan fingerprint density at radius 3 is 2.50 bits per heavy atom. The van der Waals surface area contributed by atoms with Gasteiger partial charge in [-0.05, 0) is 52.7 Å². The van der Waals surface area contributed by atoms with Gasteiger partial charge in [-0.25, -0.2) is 4.39 Å². The predicted molar refractivity (Wildman–Crippen MR) is 77.3 cm³/mol. The Hall–Kier alpha value is -0.870. The highest BCUT2D eigenvalue weighted by Gasteiger charge is 2.05. The third kappa shape index (κ3) is 3.33. The Morgan fingerprint density at radius 1 is 1.06 bits per heavy atom. The lowest BCUT2D eigenvalue weighted by molar-refractivity contribution is 0.303. The van der Waals surface area contributed by atoms with E-state index in [0.717, 1.165) is 21.3 Å². The molecule has 0 aliphatic heterocycles. The number of aryl methyl sites for hydroxylation is 1. The molecule has 2 aromatic carbocycles. The van der Waals surface area contributed by atoms with Crippen molar-refractivity contribution in [2.75, 3.05) is 0 Å². The zero-order valence-electron chi connectivity index (χ0n) is 9.71. The summed E-state index contributed by atoms with van der Waals surface area (Å²) in [5, 5.41) is 0. The summed E-state index contributed by atoms with van der Waals surface area (Å²) >= 11 is 6.77. The molecule has 18 heavy (non-hydrogen) atoms. The van der Waals surface area contributed by atoms with Crippen LogP contribution in [0.5, 0.6) is 5.75 Å². The second kappa shape index (κ2) is 5.85. The molecule has 0 saturated heterocycles. The normalized spacial score (nSPS) is 10.4. The molecule has 0 amide bonds. The Bertz CT molecular complexity index is 518. The van der Waals surface area contributed by atoms with E-state index < -0.39 is 0 Å². The van der Waals surface area contributed by atoms with Crippen LogP contribution >= 0.6 is 31.9 Å². The fraction of sp³-hybridized carbons (Fsp3) is 0.143. The van der Waals surface area contributed by atoms with Crippen LogP contribution in [-0.4, -0.2) is 0 Å². The fourth-order valence-corrected chi connectivity index (χ4v) is 2.59. The number of hydrogen-bond acceptors (Lipinski definition) is 1. The monoisotopic (exact) mass is 372 g/mol. The van der Waals surface area contributed by atoms with Crippen LogP contribution in [-0.2, 0) is 6.61 Å². The molecule has 0 radical (unpaired) electrons. The SMILES string of the molecule is Cc1ccc(OCc2ccc(F)cc2Br)c(Br)c1. The number of hydrogen-bond donors (Lipinski definition) is 0. The maximum Gasteiger partial charge on any atom is 0.134 e. The topological polar surface area (TPSA) is 9.23 Å². The quantitative estimate of drug-likeness (QED) is 0.714. The molecule has 0 unspecified atom stereocenters. The van der Waals surface area contributed by atoms with E-state index in [2.05, 4.69) is 31.9 Å². The first-order valence-electron chi connectivity index (χ1n) is 5.39. The Kier molecular flexibility index (Phi) is 4.40. The molecule has 0 fully saturated rings. The summed E-state index contributed by atoms with van der Waals surface area (Å²) in [5.41, 5.74) is 2.07. The van der Waals surface area contributed by atoms with Gasteiger partial charge in [0.1, 0.15) is 18.2 Å². The average Bonchev–Trinajstić information content (AvgIpc) is 2.30. The molecule has 0 bridgehead atoms. The molecule has 0 atom stereocenters. The van der Waals surface area contributed by atoms with Gasteiger partial charge in [0.05, 0.1) is 4.47 Å². The minimum absolute atomic E-state index is 0.262. The number of ether oxygens (including phenoxy) is 1. The third-order valence-electron chi connectivity index (χ3n) is 2.49. The van der Waals surface area contributed by atoms with Crippen LogP contribution < -0.4 is 4.74 Å². The molecular weight excluding hydrogens is 363 g/mol. The number of benzene rings is 2. The average molecular weight is 374 g/mol. The molecule has 0 heterocycles. The molecule has 0 N–H and O–H groups in total. The van der Waals surface area contributed by atoms with Gasteiger partial charge in [0.25, 0.3) is 0 Å². The zero-order valence-corrected chi connectivity index (χ0v) is 12.9. The van der Waals surface area contributed by atoms with Gasteiger partial charge < -0.3 is 4.74 Å². The summed E-state index contributed by atoms with van der Waals surface area (Å²) in [6, 6.07) is 10.5. The van der Waals surface area contributed by atoms with Crippen molar-refractivity contribution in [2.45, 2.75) is 13.5 Å². The molecule has 0 saturated carbocycles. The van der Waals surface area contributed by atoms with Crippen molar-refractivity contribution in [3.8, 4) is 5.75 Å². The predicted octanol–water partition coefficient (Wildman–Crippen LogP) is 5.24. The van der Waals surface area contributed by atoms with Crippen LogP contribution in [0.1, 0.15) is 11.1 Å². The summed E-state index contributed by atoms with van der Waals surface area (Å²) in [5.74, 6) is 0.513. The maximum atomic E-state index is 12.9. The summed E-state index contributed by atoms with van der Waals surface area (Å²) in [6.45, 7) is 2.41. The van der Waals surface area contributed by atoms with Gasteiger partial charge in [-0.1, -0.05) is 28.1 Å². The molecule has 4 heteroatoms. The van der Waals surface area contributed by atoms with Gasteiger partial charge in [0.15, 0.2) is 0 Å². The van der Waals surface area contributed by atoms with Gasteiger partial charge in [-0.15, -0.1) is 0 Å². The van der Waals surface area contributed by atoms with Crippen LogP contribution in [0, 0.1) is 12.7 Å². The van der Waals surface area contributed by atoms with Gasteiger partial charge in [0, 0.05) is 10.0 Å². The van der Waals surface area contributed by atoms with Crippen LogP contribution in [0.25, 0.3) is 0 Å². The van der Waals surface area contributed by atoms with E-state index in [0.29, 0.717) is 11.1 Å². The summed E-state index contributed by atoms with van der Waals surface area (Å²) < 4.78 is 20.3. The molecule has 0 spiro atoms. The first-order chi connectivity index (χ1) is 8.56. The summed E-state index contributed by atoms with van der Waals surface area (Å²) in [4.78, 5) is 0. The van der Waals surface area contributed by atoms with Crippen LogP contribution in [0.3, 0.4) is 0 Å². The van der Waals surface area contributed by atoms with E-state index >= 15 is 0 Å². The molecule has 94 valence electrons. The minimum Gasteiger partial charge on any atom is -0.488 e. The van der Waals surface area contributed by atoms with Crippen LogP contribution in [0.2, 0.25) is 0 Å². The molecule has 0 aliphatic carbocycles. The highest BCUT2D eigenvalue weighted by Crippen LogP contribution is 2.27. The van der Waals surface area contributed by atoms with Gasteiger partial charge >= 0.3 is 0 Å². The molecule has 2 aromatic rings. The lowest BCUT2D eigenvalue weighted by Crippen LogP contribution is -1.97. The van der Waals surface area contributed by atoms with Crippen molar-refractivity contribution in [1.29, 1.82) is 0 Å². The Balaban J connectivity index is 2.11. The lowest BCUT2D eigenvalue weighted by Gasteiger charge is -2.10. The zero-order chi connectivity index (χ0) is 13.1. The van der Waals surface area contributed by atoms with Gasteiger partial charge in [0.2, 0.25) is 0 Å². The Morgan fingerprint density at radius 2 is 1.83 bits per heavy atom. The van der Waals surface area contributed by atoms with E-state index in [4.69, 9.17) is 4.74 Å². The summed E-state index contributed by atoms with van der Waals surface area (Å²) in [7, 11) is 0. The van der Waals surface area contributed by atoms with Gasteiger partial charge in [-0.3, -0.25) is 0 Å². The first-order valence-corrected chi connectivity index (χ1v) is 6.98. The molecular formula is C14H11Br2FO. The molecule has 0 aliphatic rings. The molecule has 2 rings (SSSR count). The highest BCUT2D eigenvalue weighted by atomic mass is 79.9. The van der Waals surface area contributed by atoms with E-state index in [1.54, 1.807) is 6.07 Å². The Labute approximate surface area is 122 Å². The fourth-order valence-electron chi connectivity index (χ4n) is 1.52. The maximum absolute atomic E-state index is 12.9. The minimum atomic E-state index is -0.262. The summed E-state index contributed by atoms with van der Waals surface area (Å²) in [6.07, 6.45) is 0. The van der Waals surface area contributed by atoms with Gasteiger partial charge in [-0.2, -0.15) is 0 Å². The third-order valence-corrected chi connectivity index (χ3v) is 3.84. The van der Waals surface area contributed by atoms with Crippen molar-refractivity contribution >= 4 is 31.9 Å². The molecule has 1 nitrogen and oxygen atoms in total. The molecule has 0 aromatic heterocycles. The second-order valence-corrected chi connectivity index (χ2v) is 5.67. The smallest absolute Gasteiger partial charge is 0.134 e. The van der Waals surface area contributed by atoms with Crippen molar-refractivity contribution in [3.05, 3.63) is 62.3 Å². The second-order valence-electron chi connectivity index (χ2n) is 3.96. The standard InChI is InChI=1S/C14H11Br2FO/c1-9-2-5-14(13(16)6-9)18-8-10-3-4-11(17)7-12(10)15/h2-7H,8H2,1H3. The lowest BCUT2D eigenvalue weighted by atomic mass is 10.2. The number of halogens is 3. The van der Waals surface area contributed by atoms with Crippen LogP contribution in [0.15, 0.2) is 45.3 Å². The van der Waals surface area contributed by atoms with E-state index in [1.807, 2.05) is 25.1 Å². The first kappa shape index (κ1) is 13.6. The van der Waals surface area contributed by atoms with Crippen molar-refractivity contribution in [2.24, 2.45) is 0 Å². The van der Waals surface area contributed by atoms with Crippen LogP contribution in [0.4, 0.5) is 4.39 Å². The van der Waals surface area contributed by atoms with E-state index in [9.17, 15) is 4.39 Å². The number of rotatable bonds is 3. The van der Waals surface area contributed by atoms with Crippen molar-refractivity contribution in [3.63, 3.8) is 0 Å². The van der Waals surface area contributed by atoms with Crippen molar-refractivity contribution in [1.82, 2.24) is 0 Å². The van der Waals surface area contributed by atoms with E-state index in [1.165, 1.54) is 12.1 Å².